The molecule has 104 valence electrons. The summed E-state index contributed by atoms with van der Waals surface area (Å²) in [6, 6.07) is 7.07. The lowest BCUT2D eigenvalue weighted by atomic mass is 10.2. The van der Waals surface area contributed by atoms with E-state index in [0.29, 0.717) is 13.0 Å². The van der Waals surface area contributed by atoms with Gasteiger partial charge >= 0.3 is 0 Å². The zero-order valence-corrected chi connectivity index (χ0v) is 11.5. The maximum Gasteiger partial charge on any atom is 0.238 e. The molecule has 0 radical (unpaired) electrons. The third-order valence-electron chi connectivity index (χ3n) is 2.49. The molecule has 0 aromatic heterocycles. The number of carbonyl (C=O) groups excluding carboxylic acids is 2. The van der Waals surface area contributed by atoms with Crippen molar-refractivity contribution in [2.24, 2.45) is 0 Å². The van der Waals surface area contributed by atoms with Gasteiger partial charge in [0.25, 0.3) is 0 Å². The Morgan fingerprint density at radius 3 is 1.95 bits per heavy atom. The lowest BCUT2D eigenvalue weighted by Gasteiger charge is -2.08. The van der Waals surface area contributed by atoms with E-state index >= 15 is 0 Å². The molecule has 0 aliphatic carbocycles. The predicted molar refractivity (Wildman–Crippen MR) is 77.2 cm³/mol. The van der Waals surface area contributed by atoms with Gasteiger partial charge in [0.05, 0.1) is 6.54 Å². The van der Waals surface area contributed by atoms with E-state index in [-0.39, 0.29) is 11.8 Å². The highest BCUT2D eigenvalue weighted by molar-refractivity contribution is 5.93. The normalized spacial score (nSPS) is 10.0. The Morgan fingerprint density at radius 1 is 0.947 bits per heavy atom. The van der Waals surface area contributed by atoms with Gasteiger partial charge in [-0.15, -0.1) is 0 Å². The van der Waals surface area contributed by atoms with E-state index in [1.807, 2.05) is 6.92 Å². The molecule has 1 aromatic rings. The summed E-state index contributed by atoms with van der Waals surface area (Å²) in [7, 11) is 0. The number of benzene rings is 1. The van der Waals surface area contributed by atoms with Crippen molar-refractivity contribution in [2.45, 2.75) is 26.7 Å². The monoisotopic (exact) mass is 263 g/mol. The molecule has 0 fully saturated rings. The van der Waals surface area contributed by atoms with Gasteiger partial charge in [-0.25, -0.2) is 0 Å². The summed E-state index contributed by atoms with van der Waals surface area (Å²) in [5, 5.41) is 8.56. The summed E-state index contributed by atoms with van der Waals surface area (Å²) in [6.07, 6.45) is 1.45. The van der Waals surface area contributed by atoms with Crippen LogP contribution >= 0.6 is 0 Å². The molecule has 5 heteroatoms. The van der Waals surface area contributed by atoms with E-state index in [2.05, 4.69) is 16.0 Å². The number of carbonyl (C=O) groups is 2. The first-order valence-corrected chi connectivity index (χ1v) is 6.56. The highest BCUT2D eigenvalue weighted by atomic mass is 16.2. The van der Waals surface area contributed by atoms with Crippen molar-refractivity contribution in [2.75, 3.05) is 23.7 Å². The summed E-state index contributed by atoms with van der Waals surface area (Å²) >= 11 is 0. The fourth-order valence-corrected chi connectivity index (χ4v) is 1.47. The molecule has 19 heavy (non-hydrogen) atoms. The van der Waals surface area contributed by atoms with Crippen LogP contribution in [0.25, 0.3) is 0 Å². The minimum Gasteiger partial charge on any atom is -0.326 e. The summed E-state index contributed by atoms with van der Waals surface area (Å²) in [5.74, 6) is -0.0978. The zero-order valence-electron chi connectivity index (χ0n) is 11.5. The Kier molecular flexibility index (Phi) is 6.60. The van der Waals surface area contributed by atoms with Gasteiger partial charge in [-0.3, -0.25) is 9.59 Å². The molecule has 0 atom stereocenters. The number of nitrogens with one attached hydrogen (secondary N) is 3. The Hall–Kier alpha value is -1.88. The number of hydrogen-bond acceptors (Lipinski definition) is 3. The van der Waals surface area contributed by atoms with Crippen LogP contribution in [0.1, 0.15) is 26.7 Å². The number of rotatable bonds is 7. The Labute approximate surface area is 113 Å². The molecule has 3 N–H and O–H groups in total. The molecule has 1 aromatic carbocycles. The molecule has 0 saturated carbocycles. The standard InChI is InChI=1S/C14H21N3O2/c1-3-9-15-10-14(19)17-12-7-5-11(6-8-12)16-13(18)4-2/h5-8,15H,3-4,9-10H2,1-2H3,(H,16,18)(H,17,19). The Bertz CT molecular complexity index is 415. The molecule has 0 unspecified atom stereocenters. The highest BCUT2D eigenvalue weighted by Gasteiger charge is 2.02. The second-order valence-corrected chi connectivity index (χ2v) is 4.20. The molecule has 1 rings (SSSR count). The second kappa shape index (κ2) is 8.26. The predicted octanol–water partition coefficient (Wildman–Crippen LogP) is 1.97. The number of amides is 2. The summed E-state index contributed by atoms with van der Waals surface area (Å²) < 4.78 is 0. The minimum absolute atomic E-state index is 0.0273. The Balaban J connectivity index is 2.43. The number of anilines is 2. The average molecular weight is 263 g/mol. The Morgan fingerprint density at radius 2 is 1.47 bits per heavy atom. The van der Waals surface area contributed by atoms with E-state index in [0.717, 1.165) is 24.3 Å². The summed E-state index contributed by atoms with van der Waals surface area (Å²) in [5.41, 5.74) is 1.45. The van der Waals surface area contributed by atoms with Gasteiger partial charge in [-0.1, -0.05) is 13.8 Å². The van der Waals surface area contributed by atoms with Crippen LogP contribution in [-0.4, -0.2) is 24.9 Å². The molecule has 0 saturated heterocycles. The maximum atomic E-state index is 11.6. The van der Waals surface area contributed by atoms with Gasteiger partial charge in [-0.2, -0.15) is 0 Å². The van der Waals surface area contributed by atoms with Crippen LogP contribution in [0.5, 0.6) is 0 Å². The van der Waals surface area contributed by atoms with E-state index in [9.17, 15) is 9.59 Å². The third kappa shape index (κ3) is 6.01. The molecule has 0 aliphatic rings. The van der Waals surface area contributed by atoms with Crippen LogP contribution in [0.3, 0.4) is 0 Å². The van der Waals surface area contributed by atoms with Gasteiger partial charge in [0, 0.05) is 17.8 Å². The molecule has 0 spiro atoms. The first kappa shape index (κ1) is 15.2. The molecular weight excluding hydrogens is 242 g/mol. The maximum absolute atomic E-state index is 11.6. The topological polar surface area (TPSA) is 70.2 Å². The molecule has 0 heterocycles. The summed E-state index contributed by atoms with van der Waals surface area (Å²) in [4.78, 5) is 22.8. The van der Waals surface area contributed by atoms with Crippen LogP contribution in [-0.2, 0) is 9.59 Å². The third-order valence-corrected chi connectivity index (χ3v) is 2.49. The molecular formula is C14H21N3O2. The van der Waals surface area contributed by atoms with Crippen LogP contribution in [0.2, 0.25) is 0 Å². The van der Waals surface area contributed by atoms with Crippen LogP contribution in [0.4, 0.5) is 11.4 Å². The average Bonchev–Trinajstić information content (AvgIpc) is 2.41. The largest absolute Gasteiger partial charge is 0.326 e. The van der Waals surface area contributed by atoms with Crippen molar-refractivity contribution in [1.29, 1.82) is 0 Å². The molecule has 0 bridgehead atoms. The van der Waals surface area contributed by atoms with Crippen molar-refractivity contribution in [3.05, 3.63) is 24.3 Å². The van der Waals surface area contributed by atoms with Crippen molar-refractivity contribution >= 4 is 23.2 Å². The number of hydrogen-bond donors (Lipinski definition) is 3. The van der Waals surface area contributed by atoms with Gasteiger partial charge in [0.1, 0.15) is 0 Å². The van der Waals surface area contributed by atoms with Gasteiger partial charge in [-0.05, 0) is 37.2 Å². The van der Waals surface area contributed by atoms with Crippen LogP contribution in [0, 0.1) is 0 Å². The smallest absolute Gasteiger partial charge is 0.238 e. The van der Waals surface area contributed by atoms with Crippen molar-refractivity contribution < 1.29 is 9.59 Å². The fraction of sp³-hybridized carbons (Fsp3) is 0.429. The van der Waals surface area contributed by atoms with Crippen molar-refractivity contribution in [3.8, 4) is 0 Å². The highest BCUT2D eigenvalue weighted by Crippen LogP contribution is 2.13. The van der Waals surface area contributed by atoms with E-state index < -0.39 is 0 Å². The molecule has 2 amide bonds. The van der Waals surface area contributed by atoms with E-state index in [1.54, 1.807) is 31.2 Å². The minimum atomic E-state index is -0.0706. The van der Waals surface area contributed by atoms with Crippen LogP contribution < -0.4 is 16.0 Å². The zero-order chi connectivity index (χ0) is 14.1. The molecule has 5 nitrogen and oxygen atoms in total. The van der Waals surface area contributed by atoms with Crippen LogP contribution in [0.15, 0.2) is 24.3 Å². The van der Waals surface area contributed by atoms with Gasteiger partial charge in [0.2, 0.25) is 11.8 Å². The quantitative estimate of drug-likeness (QED) is 0.659. The van der Waals surface area contributed by atoms with Gasteiger partial charge < -0.3 is 16.0 Å². The SMILES string of the molecule is CCCNCC(=O)Nc1ccc(NC(=O)CC)cc1. The second-order valence-electron chi connectivity index (χ2n) is 4.20. The molecule has 0 aliphatic heterocycles. The lowest BCUT2D eigenvalue weighted by molar-refractivity contribution is -0.116. The van der Waals surface area contributed by atoms with E-state index in [1.165, 1.54) is 0 Å². The first-order valence-electron chi connectivity index (χ1n) is 6.56. The summed E-state index contributed by atoms with van der Waals surface area (Å²) in [6.45, 7) is 4.99. The van der Waals surface area contributed by atoms with E-state index in [4.69, 9.17) is 0 Å². The van der Waals surface area contributed by atoms with Gasteiger partial charge in [0.15, 0.2) is 0 Å². The van der Waals surface area contributed by atoms with Crippen molar-refractivity contribution in [1.82, 2.24) is 5.32 Å². The lowest BCUT2D eigenvalue weighted by Crippen LogP contribution is -2.28. The first-order chi connectivity index (χ1) is 9.15. The fourth-order valence-electron chi connectivity index (χ4n) is 1.47. The van der Waals surface area contributed by atoms with Crippen molar-refractivity contribution in [3.63, 3.8) is 0 Å².